The summed E-state index contributed by atoms with van der Waals surface area (Å²) in [4.78, 5) is 44.3. The van der Waals surface area contributed by atoms with Gasteiger partial charge >= 0.3 is 6.09 Å². The fourth-order valence-electron chi connectivity index (χ4n) is 2.98. The molecule has 2 heterocycles. The second-order valence-electron chi connectivity index (χ2n) is 6.92. The summed E-state index contributed by atoms with van der Waals surface area (Å²) in [5.74, 6) is -0.555. The van der Waals surface area contributed by atoms with Crippen molar-refractivity contribution in [3.05, 3.63) is 41.4 Å². The number of unbranched alkanes of at least 4 members (excludes halogenated alkanes) is 1. The highest BCUT2D eigenvalue weighted by Gasteiger charge is 2.25. The summed E-state index contributed by atoms with van der Waals surface area (Å²) in [7, 11) is 0. The Morgan fingerprint density at radius 1 is 1.10 bits per heavy atom. The van der Waals surface area contributed by atoms with E-state index in [0.29, 0.717) is 38.5 Å². The molecule has 0 unspecified atom stereocenters. The summed E-state index contributed by atoms with van der Waals surface area (Å²) >= 11 is 1.39. The number of nitrogens with zero attached hydrogens (tertiary/aromatic N) is 3. The molecule has 0 bridgehead atoms. The number of rotatable bonds is 7. The summed E-state index contributed by atoms with van der Waals surface area (Å²) < 4.78 is 5.20. The molecule has 3 rings (SSSR count). The number of piperazine rings is 1. The van der Waals surface area contributed by atoms with Crippen LogP contribution in [0.4, 0.5) is 4.79 Å². The van der Waals surface area contributed by atoms with E-state index in [0.717, 1.165) is 23.4 Å². The molecule has 0 radical (unpaired) electrons. The highest BCUT2D eigenvalue weighted by Crippen LogP contribution is 2.23. The first kappa shape index (κ1) is 21.8. The van der Waals surface area contributed by atoms with Crippen LogP contribution in [0.5, 0.6) is 0 Å². The maximum absolute atomic E-state index is 12.4. The van der Waals surface area contributed by atoms with Gasteiger partial charge < -0.3 is 19.9 Å². The van der Waals surface area contributed by atoms with E-state index >= 15 is 0 Å². The third kappa shape index (κ3) is 5.79. The number of amides is 3. The molecule has 2 aromatic rings. The lowest BCUT2D eigenvalue weighted by Crippen LogP contribution is -2.52. The predicted octanol–water partition coefficient (Wildman–Crippen LogP) is 2.62. The van der Waals surface area contributed by atoms with Crippen molar-refractivity contribution in [3.63, 3.8) is 0 Å². The van der Waals surface area contributed by atoms with Crippen LogP contribution in [-0.4, -0.2) is 72.0 Å². The van der Waals surface area contributed by atoms with Crippen LogP contribution >= 0.6 is 11.3 Å². The van der Waals surface area contributed by atoms with Crippen LogP contribution in [0, 0.1) is 0 Å². The average Bonchev–Trinajstić information content (AvgIpc) is 3.28. The number of aromatic nitrogens is 1. The molecule has 1 aliphatic heterocycles. The fourth-order valence-corrected chi connectivity index (χ4v) is 3.79. The third-order valence-electron chi connectivity index (χ3n) is 4.77. The lowest BCUT2D eigenvalue weighted by Gasteiger charge is -2.34. The maximum atomic E-state index is 12.4. The van der Waals surface area contributed by atoms with Crippen LogP contribution in [0.3, 0.4) is 0 Å². The molecule has 0 atom stereocenters. The van der Waals surface area contributed by atoms with Gasteiger partial charge in [-0.3, -0.25) is 9.59 Å². The highest BCUT2D eigenvalue weighted by atomic mass is 32.1. The average molecular weight is 431 g/mol. The third-order valence-corrected chi connectivity index (χ3v) is 5.66. The molecule has 1 aromatic carbocycles. The molecule has 30 heavy (non-hydrogen) atoms. The summed E-state index contributed by atoms with van der Waals surface area (Å²) in [6, 6.07) is 9.62. The molecule has 1 aliphatic rings. The Bertz CT molecular complexity index is 863. The zero-order chi connectivity index (χ0) is 21.3. The van der Waals surface area contributed by atoms with Gasteiger partial charge in [0.1, 0.15) is 10.7 Å². The van der Waals surface area contributed by atoms with E-state index in [-0.39, 0.29) is 24.5 Å². The molecule has 160 valence electrons. The van der Waals surface area contributed by atoms with Gasteiger partial charge in [0.25, 0.3) is 5.91 Å². The summed E-state index contributed by atoms with van der Waals surface area (Å²) in [5, 5.41) is 5.08. The lowest BCUT2D eigenvalue weighted by atomic mass is 10.2. The van der Waals surface area contributed by atoms with Crippen molar-refractivity contribution >= 4 is 29.2 Å². The number of nitrogens with one attached hydrogen (secondary N) is 1. The summed E-state index contributed by atoms with van der Waals surface area (Å²) in [5.41, 5.74) is 1.25. The minimum Gasteiger partial charge on any atom is -0.449 e. The van der Waals surface area contributed by atoms with Crippen LogP contribution < -0.4 is 5.32 Å². The van der Waals surface area contributed by atoms with Crippen LogP contribution in [-0.2, 0) is 9.53 Å². The standard InChI is InChI=1S/C21H26N4O4S/c1-2-3-13-29-21(28)25-11-9-24(10-12-25)18(26)14-22-19(27)17-15-30-20(23-17)16-7-5-4-6-8-16/h4-8,15H,2-3,9-14H2,1H3,(H,22,27). The molecule has 0 saturated carbocycles. The van der Waals surface area contributed by atoms with Crippen molar-refractivity contribution in [1.82, 2.24) is 20.1 Å². The number of benzene rings is 1. The monoisotopic (exact) mass is 430 g/mol. The zero-order valence-electron chi connectivity index (χ0n) is 17.0. The van der Waals surface area contributed by atoms with Gasteiger partial charge in [-0.25, -0.2) is 9.78 Å². The zero-order valence-corrected chi connectivity index (χ0v) is 17.8. The Morgan fingerprint density at radius 2 is 1.80 bits per heavy atom. The molecule has 1 fully saturated rings. The number of hydrogen-bond donors (Lipinski definition) is 1. The fraction of sp³-hybridized carbons (Fsp3) is 0.429. The van der Waals surface area contributed by atoms with Crippen molar-refractivity contribution in [3.8, 4) is 10.6 Å². The van der Waals surface area contributed by atoms with E-state index in [4.69, 9.17) is 4.74 Å². The molecule has 3 amide bonds. The van der Waals surface area contributed by atoms with E-state index in [1.54, 1.807) is 15.2 Å². The molecular weight excluding hydrogens is 404 g/mol. The van der Waals surface area contributed by atoms with Crippen molar-refractivity contribution in [1.29, 1.82) is 0 Å². The summed E-state index contributed by atoms with van der Waals surface area (Å²) in [6.45, 7) is 4.06. The first-order valence-electron chi connectivity index (χ1n) is 10.1. The number of ether oxygens (including phenoxy) is 1. The number of thiazole rings is 1. The van der Waals surface area contributed by atoms with E-state index in [1.165, 1.54) is 11.3 Å². The van der Waals surface area contributed by atoms with Gasteiger partial charge in [0.15, 0.2) is 0 Å². The van der Waals surface area contributed by atoms with Gasteiger partial charge in [0.2, 0.25) is 5.91 Å². The minimum absolute atomic E-state index is 0.0992. The minimum atomic E-state index is -0.375. The van der Waals surface area contributed by atoms with Crippen LogP contribution in [0.2, 0.25) is 0 Å². The number of carbonyl (C=O) groups is 3. The molecule has 1 N–H and O–H groups in total. The van der Waals surface area contributed by atoms with Crippen LogP contribution in [0.1, 0.15) is 30.3 Å². The van der Waals surface area contributed by atoms with Gasteiger partial charge in [0.05, 0.1) is 13.2 Å². The second-order valence-corrected chi connectivity index (χ2v) is 7.78. The van der Waals surface area contributed by atoms with Crippen molar-refractivity contribution in [2.75, 3.05) is 39.3 Å². The number of carbonyl (C=O) groups excluding carboxylic acids is 3. The topological polar surface area (TPSA) is 91.8 Å². The van der Waals surface area contributed by atoms with E-state index < -0.39 is 0 Å². The van der Waals surface area contributed by atoms with Crippen molar-refractivity contribution in [2.24, 2.45) is 0 Å². The molecule has 0 spiro atoms. The smallest absolute Gasteiger partial charge is 0.409 e. The van der Waals surface area contributed by atoms with Gasteiger partial charge in [-0.15, -0.1) is 11.3 Å². The maximum Gasteiger partial charge on any atom is 0.409 e. The van der Waals surface area contributed by atoms with Crippen LogP contribution in [0.25, 0.3) is 10.6 Å². The van der Waals surface area contributed by atoms with Gasteiger partial charge in [0, 0.05) is 37.1 Å². The first-order valence-corrected chi connectivity index (χ1v) is 10.9. The first-order chi connectivity index (χ1) is 14.6. The number of hydrogen-bond acceptors (Lipinski definition) is 6. The SMILES string of the molecule is CCCCOC(=O)N1CCN(C(=O)CNC(=O)c2csc(-c3ccccc3)n2)CC1. The Balaban J connectivity index is 1.42. The van der Waals surface area contributed by atoms with E-state index in [9.17, 15) is 14.4 Å². The quantitative estimate of drug-likeness (QED) is 0.682. The van der Waals surface area contributed by atoms with Gasteiger partial charge in [-0.05, 0) is 6.42 Å². The van der Waals surface area contributed by atoms with Crippen LogP contribution in [0.15, 0.2) is 35.7 Å². The lowest BCUT2D eigenvalue weighted by molar-refractivity contribution is -0.131. The van der Waals surface area contributed by atoms with Gasteiger partial charge in [-0.1, -0.05) is 43.7 Å². The Labute approximate surface area is 179 Å². The van der Waals surface area contributed by atoms with Crippen molar-refractivity contribution in [2.45, 2.75) is 19.8 Å². The summed E-state index contributed by atoms with van der Waals surface area (Å²) in [6.07, 6.45) is 1.48. The van der Waals surface area contributed by atoms with E-state index in [1.807, 2.05) is 37.3 Å². The largest absolute Gasteiger partial charge is 0.449 e. The highest BCUT2D eigenvalue weighted by molar-refractivity contribution is 7.13. The van der Waals surface area contributed by atoms with Crippen molar-refractivity contribution < 1.29 is 19.1 Å². The molecule has 8 nitrogen and oxygen atoms in total. The Morgan fingerprint density at radius 3 is 2.50 bits per heavy atom. The van der Waals surface area contributed by atoms with E-state index in [2.05, 4.69) is 10.3 Å². The molecule has 0 aliphatic carbocycles. The Hall–Kier alpha value is -2.94. The Kier molecular flexibility index (Phi) is 7.78. The predicted molar refractivity (Wildman–Crippen MR) is 114 cm³/mol. The van der Waals surface area contributed by atoms with Gasteiger partial charge in [-0.2, -0.15) is 0 Å². The molecule has 9 heteroatoms. The molecule has 1 saturated heterocycles. The molecular formula is C21H26N4O4S. The second kappa shape index (κ2) is 10.7. The molecule has 1 aromatic heterocycles. The normalized spacial score (nSPS) is 13.8.